The number of Topliss-reactive ketones (excluding diaryl/α,β-unsaturated/α-hetero) is 1. The standard InChI is InChI=1S/C18H19N3O3/c19-11-13(18-20-14-7-4-5-8-16(14)24-18)15(22)12-21-10-6-2-1-3-9-17(21)23/h4-5,7-8,13H,1-3,6,9-10,12H2. The van der Waals surface area contributed by atoms with E-state index in [1.807, 2.05) is 12.1 Å². The summed E-state index contributed by atoms with van der Waals surface area (Å²) in [6.45, 7) is 0.506. The Balaban J connectivity index is 1.76. The van der Waals surface area contributed by atoms with Crippen LogP contribution in [0, 0.1) is 11.3 Å². The maximum atomic E-state index is 12.5. The predicted molar refractivity (Wildman–Crippen MR) is 87.0 cm³/mol. The number of rotatable bonds is 4. The summed E-state index contributed by atoms with van der Waals surface area (Å²) < 4.78 is 5.55. The first-order chi connectivity index (χ1) is 11.7. The monoisotopic (exact) mass is 325 g/mol. The molecule has 0 saturated carbocycles. The van der Waals surface area contributed by atoms with Crippen LogP contribution in [0.5, 0.6) is 0 Å². The maximum absolute atomic E-state index is 12.5. The molecule has 24 heavy (non-hydrogen) atoms. The first-order valence-corrected chi connectivity index (χ1v) is 8.24. The molecular weight excluding hydrogens is 306 g/mol. The van der Waals surface area contributed by atoms with Crippen LogP contribution in [0.4, 0.5) is 0 Å². The van der Waals surface area contributed by atoms with Gasteiger partial charge in [-0.15, -0.1) is 0 Å². The first-order valence-electron chi connectivity index (χ1n) is 8.24. The number of nitrogens with zero attached hydrogens (tertiary/aromatic N) is 3. The highest BCUT2D eigenvalue weighted by atomic mass is 16.3. The van der Waals surface area contributed by atoms with Gasteiger partial charge in [0.2, 0.25) is 11.8 Å². The second-order valence-electron chi connectivity index (χ2n) is 6.03. The van der Waals surface area contributed by atoms with Crippen LogP contribution in [0.1, 0.15) is 43.9 Å². The molecule has 0 N–H and O–H groups in total. The lowest BCUT2D eigenvalue weighted by Gasteiger charge is -2.24. The van der Waals surface area contributed by atoms with Crippen molar-refractivity contribution in [1.29, 1.82) is 5.26 Å². The number of ketones is 1. The minimum Gasteiger partial charge on any atom is -0.439 e. The number of likely N-dealkylation sites (tertiary alicyclic amines) is 1. The van der Waals surface area contributed by atoms with Gasteiger partial charge in [0.15, 0.2) is 17.3 Å². The summed E-state index contributed by atoms with van der Waals surface area (Å²) >= 11 is 0. The van der Waals surface area contributed by atoms with E-state index in [0.29, 0.717) is 24.1 Å². The molecule has 1 aromatic carbocycles. The van der Waals surface area contributed by atoms with E-state index in [-0.39, 0.29) is 24.1 Å². The van der Waals surface area contributed by atoms with Gasteiger partial charge < -0.3 is 9.32 Å². The lowest BCUT2D eigenvalue weighted by atomic mass is 10.0. The number of hydrogen-bond donors (Lipinski definition) is 0. The van der Waals surface area contributed by atoms with Crippen LogP contribution >= 0.6 is 0 Å². The molecule has 2 aromatic rings. The molecule has 1 aliphatic heterocycles. The van der Waals surface area contributed by atoms with E-state index >= 15 is 0 Å². The Bertz CT molecular complexity index is 757. The largest absolute Gasteiger partial charge is 0.439 e. The number of amides is 1. The smallest absolute Gasteiger partial charge is 0.222 e. The summed E-state index contributed by atoms with van der Waals surface area (Å²) in [6, 6.07) is 9.10. The van der Waals surface area contributed by atoms with Crippen LogP contribution in [0.25, 0.3) is 11.1 Å². The van der Waals surface area contributed by atoms with Crippen molar-refractivity contribution in [2.45, 2.75) is 38.0 Å². The topological polar surface area (TPSA) is 87.2 Å². The summed E-state index contributed by atoms with van der Waals surface area (Å²) in [7, 11) is 0. The third-order valence-electron chi connectivity index (χ3n) is 4.28. The second kappa shape index (κ2) is 7.26. The minimum absolute atomic E-state index is 0.0164. The van der Waals surface area contributed by atoms with Crippen LogP contribution in [0.2, 0.25) is 0 Å². The van der Waals surface area contributed by atoms with Gasteiger partial charge in [-0.1, -0.05) is 25.0 Å². The molecule has 3 rings (SSSR count). The van der Waals surface area contributed by atoms with Crippen molar-refractivity contribution in [2.24, 2.45) is 0 Å². The second-order valence-corrected chi connectivity index (χ2v) is 6.03. The number of oxazole rings is 1. The summed E-state index contributed by atoms with van der Waals surface area (Å²) in [4.78, 5) is 30.5. The van der Waals surface area contributed by atoms with Gasteiger partial charge >= 0.3 is 0 Å². The van der Waals surface area contributed by atoms with Crippen LogP contribution < -0.4 is 0 Å². The van der Waals surface area contributed by atoms with E-state index in [1.165, 1.54) is 0 Å². The lowest BCUT2D eigenvalue weighted by Crippen LogP contribution is -2.38. The van der Waals surface area contributed by atoms with Gasteiger partial charge in [-0.2, -0.15) is 5.26 Å². The molecule has 0 spiro atoms. The van der Waals surface area contributed by atoms with Crippen LogP contribution in [-0.2, 0) is 9.59 Å². The molecule has 1 saturated heterocycles. The Kier molecular flexibility index (Phi) is 4.90. The molecule has 0 aliphatic carbocycles. The zero-order chi connectivity index (χ0) is 16.9. The van der Waals surface area contributed by atoms with E-state index in [1.54, 1.807) is 23.1 Å². The van der Waals surface area contributed by atoms with E-state index in [9.17, 15) is 14.9 Å². The summed E-state index contributed by atoms with van der Waals surface area (Å²) in [5, 5.41) is 9.40. The molecule has 1 aliphatic rings. The highest BCUT2D eigenvalue weighted by Crippen LogP contribution is 2.22. The molecule has 124 valence electrons. The molecule has 0 bridgehead atoms. The number of carbonyl (C=O) groups excluding carboxylic acids is 2. The molecular formula is C18H19N3O3. The van der Waals surface area contributed by atoms with Gasteiger partial charge in [0.05, 0.1) is 12.6 Å². The molecule has 1 aromatic heterocycles. The first kappa shape index (κ1) is 16.2. The third kappa shape index (κ3) is 3.46. The zero-order valence-corrected chi connectivity index (χ0v) is 13.4. The van der Waals surface area contributed by atoms with Crippen molar-refractivity contribution in [2.75, 3.05) is 13.1 Å². The number of nitriles is 1. The van der Waals surface area contributed by atoms with E-state index in [2.05, 4.69) is 4.98 Å². The number of benzene rings is 1. The van der Waals surface area contributed by atoms with Crippen molar-refractivity contribution in [3.8, 4) is 6.07 Å². The Morgan fingerprint density at radius 2 is 2.08 bits per heavy atom. The average molecular weight is 325 g/mol. The molecule has 1 amide bonds. The molecule has 2 heterocycles. The number of carbonyl (C=O) groups is 2. The quantitative estimate of drug-likeness (QED) is 0.862. The fraction of sp³-hybridized carbons (Fsp3) is 0.444. The van der Waals surface area contributed by atoms with Crippen LogP contribution in [0.15, 0.2) is 28.7 Å². The van der Waals surface area contributed by atoms with Crippen LogP contribution in [0.3, 0.4) is 0 Å². The summed E-state index contributed by atoms with van der Waals surface area (Å²) in [5.74, 6) is -1.35. The Morgan fingerprint density at radius 1 is 1.29 bits per heavy atom. The Hall–Kier alpha value is -2.68. The number of hydrogen-bond acceptors (Lipinski definition) is 5. The van der Waals surface area contributed by atoms with Crippen molar-refractivity contribution >= 4 is 22.8 Å². The van der Waals surface area contributed by atoms with E-state index < -0.39 is 5.92 Å². The number of para-hydroxylation sites is 2. The van der Waals surface area contributed by atoms with Gasteiger partial charge in [-0.25, -0.2) is 4.98 Å². The Labute approximate surface area is 140 Å². The summed E-state index contributed by atoms with van der Waals surface area (Å²) in [5.41, 5.74) is 1.16. The number of fused-ring (bicyclic) bond motifs is 1. The third-order valence-corrected chi connectivity index (χ3v) is 4.28. The fourth-order valence-electron chi connectivity index (χ4n) is 2.94. The zero-order valence-electron chi connectivity index (χ0n) is 13.4. The average Bonchev–Trinajstić information content (AvgIpc) is 2.99. The minimum atomic E-state index is -1.09. The van der Waals surface area contributed by atoms with Gasteiger partial charge in [-0.05, 0) is 25.0 Å². The molecule has 0 radical (unpaired) electrons. The lowest BCUT2D eigenvalue weighted by molar-refractivity contribution is -0.136. The Morgan fingerprint density at radius 3 is 2.88 bits per heavy atom. The molecule has 6 heteroatoms. The number of aromatic nitrogens is 1. The molecule has 1 unspecified atom stereocenters. The highest BCUT2D eigenvalue weighted by Gasteiger charge is 2.29. The van der Waals surface area contributed by atoms with Gasteiger partial charge in [0.1, 0.15) is 5.52 Å². The summed E-state index contributed by atoms with van der Waals surface area (Å²) in [6.07, 6.45) is 4.32. The molecule has 6 nitrogen and oxygen atoms in total. The fourth-order valence-corrected chi connectivity index (χ4v) is 2.94. The van der Waals surface area contributed by atoms with E-state index in [4.69, 9.17) is 4.42 Å². The van der Waals surface area contributed by atoms with Crippen LogP contribution in [-0.4, -0.2) is 34.7 Å². The van der Waals surface area contributed by atoms with Crippen molar-refractivity contribution in [3.63, 3.8) is 0 Å². The van der Waals surface area contributed by atoms with Gasteiger partial charge in [0, 0.05) is 13.0 Å². The SMILES string of the molecule is N#CC(C(=O)CN1CCCCCCC1=O)c1nc2ccccc2o1. The maximum Gasteiger partial charge on any atom is 0.222 e. The van der Waals surface area contributed by atoms with Crippen molar-refractivity contribution in [3.05, 3.63) is 30.2 Å². The predicted octanol–water partition coefficient (Wildman–Crippen LogP) is 2.80. The highest BCUT2D eigenvalue weighted by molar-refractivity contribution is 5.92. The van der Waals surface area contributed by atoms with Crippen molar-refractivity contribution in [1.82, 2.24) is 9.88 Å². The molecule has 1 atom stereocenters. The normalized spacial score (nSPS) is 17.1. The molecule has 1 fully saturated rings. The van der Waals surface area contributed by atoms with E-state index in [0.717, 1.165) is 25.7 Å². The van der Waals surface area contributed by atoms with Crippen molar-refractivity contribution < 1.29 is 14.0 Å². The van der Waals surface area contributed by atoms with Gasteiger partial charge in [-0.3, -0.25) is 9.59 Å². The van der Waals surface area contributed by atoms with Gasteiger partial charge in [0.25, 0.3) is 0 Å².